The van der Waals surface area contributed by atoms with Crippen LogP contribution in [0.3, 0.4) is 0 Å². The minimum absolute atomic E-state index is 0. The highest BCUT2D eigenvalue weighted by Gasteiger charge is 2.21. The number of hydrogen-bond donors (Lipinski definition) is 2. The van der Waals surface area contributed by atoms with E-state index in [0.29, 0.717) is 24.8 Å². The zero-order chi connectivity index (χ0) is 16.1. The Bertz CT molecular complexity index is 509. The Hall–Kier alpha value is -1.07. The third kappa shape index (κ3) is 5.50. The van der Waals surface area contributed by atoms with Crippen LogP contribution in [0, 0.1) is 25.7 Å². The molecule has 0 bridgehead atoms. The van der Waals surface area contributed by atoms with Gasteiger partial charge in [0, 0.05) is 25.7 Å². The van der Waals surface area contributed by atoms with Gasteiger partial charge in [0.1, 0.15) is 0 Å². The zero-order valence-corrected chi connectivity index (χ0v) is 15.6. The lowest BCUT2D eigenvalue weighted by Crippen LogP contribution is -2.36. The highest BCUT2D eigenvalue weighted by Crippen LogP contribution is 2.22. The molecule has 1 fully saturated rings. The van der Waals surface area contributed by atoms with Gasteiger partial charge in [-0.05, 0) is 63.6 Å². The summed E-state index contributed by atoms with van der Waals surface area (Å²) in [5, 5.41) is 10.9. The van der Waals surface area contributed by atoms with Crippen LogP contribution in [-0.2, 0) is 18.3 Å². The topological polar surface area (TPSA) is 59.0 Å². The van der Waals surface area contributed by atoms with E-state index in [1.165, 1.54) is 24.1 Å². The van der Waals surface area contributed by atoms with E-state index < -0.39 is 0 Å². The predicted molar refractivity (Wildman–Crippen MR) is 96.0 cm³/mol. The molecule has 2 rings (SSSR count). The molecule has 1 aromatic rings. The number of aromatic nitrogens is 2. The highest BCUT2D eigenvalue weighted by atomic mass is 35.5. The molecule has 1 aromatic heterocycles. The van der Waals surface area contributed by atoms with Gasteiger partial charge >= 0.3 is 0 Å². The van der Waals surface area contributed by atoms with Crippen LogP contribution < -0.4 is 10.6 Å². The van der Waals surface area contributed by atoms with Crippen molar-refractivity contribution in [1.29, 1.82) is 0 Å². The Kier molecular flexibility index (Phi) is 8.06. The maximum atomic E-state index is 12.1. The minimum atomic E-state index is 0. The van der Waals surface area contributed by atoms with Gasteiger partial charge in [-0.3, -0.25) is 9.48 Å². The largest absolute Gasteiger partial charge is 0.356 e. The number of nitrogens with one attached hydrogen (secondary N) is 2. The van der Waals surface area contributed by atoms with E-state index in [4.69, 9.17) is 0 Å². The average molecular weight is 343 g/mol. The number of rotatable bonds is 6. The number of amides is 1. The molecule has 0 spiro atoms. The number of nitrogens with zero attached hydrogens (tertiary/aromatic N) is 2. The minimum Gasteiger partial charge on any atom is -0.356 e. The molecule has 2 N–H and O–H groups in total. The smallest absolute Gasteiger partial charge is 0.220 e. The number of aryl methyl sites for hydroxylation is 2. The Morgan fingerprint density at radius 2 is 2.22 bits per heavy atom. The molecule has 0 aliphatic carbocycles. The number of carbonyl (C=O) groups excluding carboxylic acids is 1. The summed E-state index contributed by atoms with van der Waals surface area (Å²) in [6, 6.07) is 0. The molecule has 5 nitrogen and oxygen atoms in total. The van der Waals surface area contributed by atoms with Gasteiger partial charge in [0.15, 0.2) is 0 Å². The number of carbonyl (C=O) groups is 1. The number of piperidine rings is 1. The van der Waals surface area contributed by atoms with Gasteiger partial charge in [0.25, 0.3) is 0 Å². The van der Waals surface area contributed by atoms with E-state index in [2.05, 4.69) is 29.6 Å². The normalized spacial score (nSPS) is 19.0. The first-order valence-corrected chi connectivity index (χ1v) is 8.45. The van der Waals surface area contributed by atoms with E-state index >= 15 is 0 Å². The molecule has 0 saturated carbocycles. The van der Waals surface area contributed by atoms with Crippen LogP contribution in [-0.4, -0.2) is 35.3 Å². The van der Waals surface area contributed by atoms with Gasteiger partial charge in [-0.2, -0.15) is 5.10 Å². The van der Waals surface area contributed by atoms with Crippen molar-refractivity contribution in [3.05, 3.63) is 17.0 Å². The van der Waals surface area contributed by atoms with Crippen LogP contribution in [0.15, 0.2) is 0 Å². The monoisotopic (exact) mass is 342 g/mol. The molecule has 2 unspecified atom stereocenters. The second-order valence-electron chi connectivity index (χ2n) is 6.66. The summed E-state index contributed by atoms with van der Waals surface area (Å²) in [5.41, 5.74) is 3.51. The molecular formula is C17H31ClN4O. The standard InChI is InChI=1S/C17H30N4O.ClH/c1-12(15-6-5-8-18-11-15)10-17(22)19-9-7-16-13(2)20-21(4)14(16)3;/h12,15,18H,5-11H2,1-4H3,(H,19,22);1H. The van der Waals surface area contributed by atoms with Crippen molar-refractivity contribution in [2.75, 3.05) is 19.6 Å². The van der Waals surface area contributed by atoms with Crippen molar-refractivity contribution < 1.29 is 4.79 Å². The fourth-order valence-corrected chi connectivity index (χ4v) is 3.40. The summed E-state index contributed by atoms with van der Waals surface area (Å²) in [6.45, 7) is 9.19. The molecule has 1 saturated heterocycles. The third-order valence-corrected chi connectivity index (χ3v) is 5.00. The first kappa shape index (κ1) is 20.0. The maximum Gasteiger partial charge on any atom is 0.220 e. The fraction of sp³-hybridized carbons (Fsp3) is 0.765. The van der Waals surface area contributed by atoms with E-state index in [-0.39, 0.29) is 18.3 Å². The second-order valence-corrected chi connectivity index (χ2v) is 6.66. The van der Waals surface area contributed by atoms with Crippen molar-refractivity contribution in [1.82, 2.24) is 20.4 Å². The van der Waals surface area contributed by atoms with Crippen LogP contribution in [0.4, 0.5) is 0 Å². The van der Waals surface area contributed by atoms with Crippen molar-refractivity contribution in [2.24, 2.45) is 18.9 Å². The van der Waals surface area contributed by atoms with Crippen LogP contribution in [0.2, 0.25) is 0 Å². The average Bonchev–Trinajstić information content (AvgIpc) is 2.74. The first-order valence-electron chi connectivity index (χ1n) is 8.45. The molecule has 6 heteroatoms. The van der Waals surface area contributed by atoms with Crippen LogP contribution >= 0.6 is 12.4 Å². The molecule has 132 valence electrons. The lowest BCUT2D eigenvalue weighted by molar-refractivity contribution is -0.122. The second kappa shape index (κ2) is 9.28. The van der Waals surface area contributed by atoms with Gasteiger partial charge in [-0.15, -0.1) is 12.4 Å². The number of halogens is 1. The summed E-state index contributed by atoms with van der Waals surface area (Å²) < 4.78 is 1.91. The molecule has 1 aliphatic rings. The predicted octanol–water partition coefficient (Wildman–Crippen LogP) is 2.14. The summed E-state index contributed by atoms with van der Waals surface area (Å²) >= 11 is 0. The van der Waals surface area contributed by atoms with Gasteiger partial charge < -0.3 is 10.6 Å². The van der Waals surface area contributed by atoms with E-state index in [0.717, 1.165) is 25.2 Å². The molecule has 23 heavy (non-hydrogen) atoms. The summed E-state index contributed by atoms with van der Waals surface area (Å²) in [7, 11) is 1.96. The van der Waals surface area contributed by atoms with Crippen molar-refractivity contribution >= 4 is 18.3 Å². The third-order valence-electron chi connectivity index (χ3n) is 5.00. The van der Waals surface area contributed by atoms with Gasteiger partial charge in [0.05, 0.1) is 5.69 Å². The molecule has 0 radical (unpaired) electrons. The quantitative estimate of drug-likeness (QED) is 0.832. The lowest BCUT2D eigenvalue weighted by atomic mass is 9.85. The molecule has 1 aliphatic heterocycles. The van der Waals surface area contributed by atoms with E-state index in [1.54, 1.807) is 0 Å². The molecule has 1 amide bonds. The van der Waals surface area contributed by atoms with Crippen LogP contribution in [0.1, 0.15) is 43.1 Å². The molecule has 2 heterocycles. The Labute approximate surface area is 146 Å². The summed E-state index contributed by atoms with van der Waals surface area (Å²) in [6.07, 6.45) is 3.97. The van der Waals surface area contributed by atoms with E-state index in [9.17, 15) is 4.79 Å². The first-order chi connectivity index (χ1) is 10.5. The molecule has 2 atom stereocenters. The maximum absolute atomic E-state index is 12.1. The molecular weight excluding hydrogens is 312 g/mol. The Morgan fingerprint density at radius 1 is 1.48 bits per heavy atom. The summed E-state index contributed by atoms with van der Waals surface area (Å²) in [4.78, 5) is 12.1. The van der Waals surface area contributed by atoms with Crippen LogP contribution in [0.5, 0.6) is 0 Å². The fourth-order valence-electron chi connectivity index (χ4n) is 3.40. The van der Waals surface area contributed by atoms with Gasteiger partial charge in [-0.1, -0.05) is 6.92 Å². The van der Waals surface area contributed by atoms with Crippen molar-refractivity contribution in [2.45, 2.75) is 46.5 Å². The van der Waals surface area contributed by atoms with Crippen molar-refractivity contribution in [3.63, 3.8) is 0 Å². The molecule has 0 aromatic carbocycles. The number of hydrogen-bond acceptors (Lipinski definition) is 3. The lowest BCUT2D eigenvalue weighted by Gasteiger charge is -2.28. The van der Waals surface area contributed by atoms with Gasteiger partial charge in [0.2, 0.25) is 5.91 Å². The zero-order valence-electron chi connectivity index (χ0n) is 14.8. The SMILES string of the molecule is Cc1nn(C)c(C)c1CCNC(=O)CC(C)C1CCCNC1.Cl. The highest BCUT2D eigenvalue weighted by molar-refractivity contribution is 5.85. The van der Waals surface area contributed by atoms with Crippen molar-refractivity contribution in [3.8, 4) is 0 Å². The van der Waals surface area contributed by atoms with Gasteiger partial charge in [-0.25, -0.2) is 0 Å². The van der Waals surface area contributed by atoms with Crippen LogP contribution in [0.25, 0.3) is 0 Å². The Morgan fingerprint density at radius 3 is 2.78 bits per heavy atom. The van der Waals surface area contributed by atoms with E-state index in [1.807, 2.05) is 18.7 Å². The Balaban J connectivity index is 0.00000264. The summed E-state index contributed by atoms with van der Waals surface area (Å²) in [5.74, 6) is 1.27.